The Hall–Kier alpha value is -2.84. The number of rotatable bonds is 7. The number of nitrogens with two attached hydrogens (primary N) is 1. The van der Waals surface area contributed by atoms with Crippen LogP contribution in [-0.4, -0.2) is 34.6 Å². The first-order valence-corrected chi connectivity index (χ1v) is 9.43. The fraction of sp³-hybridized carbons (Fsp3) is 0.333. The van der Waals surface area contributed by atoms with Crippen LogP contribution in [0.5, 0.6) is 0 Å². The van der Waals surface area contributed by atoms with Gasteiger partial charge in [0.15, 0.2) is 0 Å². The number of carbonyl (C=O) groups excluding carboxylic acids is 1. The maximum Gasteiger partial charge on any atom is 0.275 e. The second-order valence-corrected chi connectivity index (χ2v) is 6.75. The van der Waals surface area contributed by atoms with Crippen LogP contribution >= 0.6 is 0 Å². The molecule has 1 amide bonds. The monoisotopic (exact) mass is 403 g/mol. The largest absolute Gasteiger partial charge is 0.443 e. The molecule has 0 aromatic heterocycles. The van der Waals surface area contributed by atoms with E-state index >= 15 is 0 Å². The number of aliphatic hydroxyl groups is 1. The van der Waals surface area contributed by atoms with Gasteiger partial charge in [-0.05, 0) is 37.6 Å². The maximum absolute atomic E-state index is 14.4. The number of ether oxygens (including phenoxy) is 1. The van der Waals surface area contributed by atoms with Gasteiger partial charge in [-0.1, -0.05) is 37.3 Å². The molecule has 0 aliphatic carbocycles. The third kappa shape index (κ3) is 3.99. The van der Waals surface area contributed by atoms with Crippen LogP contribution in [0.1, 0.15) is 37.3 Å². The minimum atomic E-state index is -1.43. The number of hydrogen-bond acceptors (Lipinski definition) is 5. The molecule has 2 aromatic rings. The molecule has 3 N–H and O–H groups in total. The summed E-state index contributed by atoms with van der Waals surface area (Å²) in [4.78, 5) is 12.9. The van der Waals surface area contributed by atoms with Crippen LogP contribution in [-0.2, 0) is 15.3 Å². The van der Waals surface area contributed by atoms with E-state index in [0.29, 0.717) is 18.5 Å². The van der Waals surface area contributed by atoms with Crippen LogP contribution in [0.3, 0.4) is 0 Å². The van der Waals surface area contributed by atoms with Gasteiger partial charge in [0.2, 0.25) is 11.6 Å². The molecule has 3 rings (SSSR count). The van der Waals surface area contributed by atoms with E-state index in [1.165, 1.54) is 0 Å². The molecule has 0 saturated heterocycles. The van der Waals surface area contributed by atoms with Gasteiger partial charge in [0.05, 0.1) is 5.56 Å². The molecule has 1 heterocycles. The highest BCUT2D eigenvalue weighted by Crippen LogP contribution is 2.41. The lowest BCUT2D eigenvalue weighted by Crippen LogP contribution is -2.48. The normalized spacial score (nSPS) is 19.6. The lowest BCUT2D eigenvalue weighted by Gasteiger charge is -2.36. The highest BCUT2D eigenvalue weighted by atomic mass is 19.1. The molecule has 1 aliphatic heterocycles. The number of hydrazone groups is 1. The van der Waals surface area contributed by atoms with E-state index in [2.05, 4.69) is 5.10 Å². The quantitative estimate of drug-likeness (QED) is 0.744. The van der Waals surface area contributed by atoms with Crippen molar-refractivity contribution in [2.45, 2.75) is 38.0 Å². The average molecular weight is 403 g/mol. The van der Waals surface area contributed by atoms with E-state index in [-0.39, 0.29) is 24.3 Å². The second-order valence-electron chi connectivity index (χ2n) is 6.75. The Morgan fingerprint density at radius 2 is 2.00 bits per heavy atom. The van der Waals surface area contributed by atoms with Crippen molar-refractivity contribution in [3.63, 3.8) is 0 Å². The van der Waals surface area contributed by atoms with Gasteiger partial charge in [0, 0.05) is 12.0 Å². The minimum absolute atomic E-state index is 0.163. The fourth-order valence-corrected chi connectivity index (χ4v) is 3.23. The molecule has 6 nitrogen and oxygen atoms in total. The van der Waals surface area contributed by atoms with Crippen molar-refractivity contribution in [2.75, 3.05) is 6.54 Å². The Kier molecular flexibility index (Phi) is 6.24. The molecular weight excluding hydrogens is 380 g/mol. The van der Waals surface area contributed by atoms with Gasteiger partial charge < -0.3 is 15.6 Å². The number of halogens is 2. The van der Waals surface area contributed by atoms with Gasteiger partial charge in [-0.3, -0.25) is 4.79 Å². The summed E-state index contributed by atoms with van der Waals surface area (Å²) in [6.07, 6.45) is -0.439. The first-order chi connectivity index (χ1) is 13.9. The summed E-state index contributed by atoms with van der Waals surface area (Å²) in [5, 5.41) is 15.4. The third-order valence-corrected chi connectivity index (χ3v) is 4.78. The van der Waals surface area contributed by atoms with Gasteiger partial charge in [0.25, 0.3) is 5.91 Å². The molecular formula is C21H23F2N3O3. The maximum atomic E-state index is 14.4. The molecule has 2 aromatic carbocycles. The molecule has 2 atom stereocenters. The lowest BCUT2D eigenvalue weighted by molar-refractivity contribution is -0.161. The summed E-state index contributed by atoms with van der Waals surface area (Å²) in [5.41, 5.74) is 4.63. The van der Waals surface area contributed by atoms with Gasteiger partial charge in [-0.2, -0.15) is 5.01 Å². The zero-order chi connectivity index (χ0) is 21.0. The Labute approximate surface area is 167 Å². The summed E-state index contributed by atoms with van der Waals surface area (Å²) >= 11 is 0. The zero-order valence-electron chi connectivity index (χ0n) is 16.0. The Bertz CT molecular complexity index is 907. The topological polar surface area (TPSA) is 88.1 Å². The van der Waals surface area contributed by atoms with Crippen molar-refractivity contribution in [2.24, 2.45) is 10.8 Å². The first kappa shape index (κ1) is 20.9. The molecule has 8 heteroatoms. The minimum Gasteiger partial charge on any atom is -0.443 e. The van der Waals surface area contributed by atoms with Crippen LogP contribution in [0.4, 0.5) is 8.78 Å². The van der Waals surface area contributed by atoms with Crippen molar-refractivity contribution >= 4 is 11.8 Å². The predicted octanol–water partition coefficient (Wildman–Crippen LogP) is 2.85. The van der Waals surface area contributed by atoms with Crippen molar-refractivity contribution in [3.05, 3.63) is 71.3 Å². The molecule has 1 aliphatic rings. The Balaban J connectivity index is 2.15. The fourth-order valence-electron chi connectivity index (χ4n) is 3.23. The van der Waals surface area contributed by atoms with E-state index in [1.54, 1.807) is 37.3 Å². The third-order valence-electron chi connectivity index (χ3n) is 4.78. The molecule has 0 radical (unpaired) electrons. The SMILES string of the molecule is CC[C@H](O)C(=O)N1N=C(c2cc(F)ccc2F)OC1(CCCN)c1ccccc1. The number of carbonyl (C=O) groups is 1. The summed E-state index contributed by atoms with van der Waals surface area (Å²) < 4.78 is 34.2. The molecule has 29 heavy (non-hydrogen) atoms. The van der Waals surface area contributed by atoms with Crippen LogP contribution in [0, 0.1) is 11.6 Å². The van der Waals surface area contributed by atoms with Crippen LogP contribution in [0.15, 0.2) is 53.6 Å². The van der Waals surface area contributed by atoms with E-state index in [4.69, 9.17) is 10.5 Å². The van der Waals surface area contributed by atoms with E-state index < -0.39 is 29.4 Å². The van der Waals surface area contributed by atoms with E-state index in [0.717, 1.165) is 23.2 Å². The van der Waals surface area contributed by atoms with Crippen molar-refractivity contribution in [1.82, 2.24) is 5.01 Å². The molecule has 154 valence electrons. The summed E-state index contributed by atoms with van der Waals surface area (Å²) in [5.74, 6) is -2.34. The second kappa shape index (κ2) is 8.67. The standard InChI is InChI=1S/C21H23F2N3O3/c1-2-18(27)20(28)26-21(11-6-12-24,14-7-4-3-5-8-14)29-19(25-26)16-13-15(22)9-10-17(16)23/h3-5,7-10,13,18,27H,2,6,11-12,24H2,1H3/t18-,21?/m0/s1. The van der Waals surface area contributed by atoms with Gasteiger partial charge >= 0.3 is 0 Å². The molecule has 0 bridgehead atoms. The molecule has 0 fully saturated rings. The highest BCUT2D eigenvalue weighted by molar-refractivity contribution is 5.97. The molecule has 0 spiro atoms. The highest BCUT2D eigenvalue weighted by Gasteiger charge is 2.50. The summed E-state index contributed by atoms with van der Waals surface area (Å²) in [7, 11) is 0. The van der Waals surface area contributed by atoms with E-state index in [9.17, 15) is 18.7 Å². The Morgan fingerprint density at radius 1 is 1.28 bits per heavy atom. The number of hydrogen-bond donors (Lipinski definition) is 2. The summed E-state index contributed by atoms with van der Waals surface area (Å²) in [6.45, 7) is 1.97. The predicted molar refractivity (Wildman–Crippen MR) is 104 cm³/mol. The Morgan fingerprint density at radius 3 is 2.66 bits per heavy atom. The zero-order valence-corrected chi connectivity index (χ0v) is 16.0. The van der Waals surface area contributed by atoms with Crippen molar-refractivity contribution in [3.8, 4) is 0 Å². The van der Waals surface area contributed by atoms with Crippen molar-refractivity contribution < 1.29 is 23.4 Å². The molecule has 0 saturated carbocycles. The number of aliphatic hydroxyl groups excluding tert-OH is 1. The van der Waals surface area contributed by atoms with Crippen LogP contribution in [0.2, 0.25) is 0 Å². The summed E-state index contributed by atoms with van der Waals surface area (Å²) in [6, 6.07) is 11.7. The number of amides is 1. The van der Waals surface area contributed by atoms with Gasteiger partial charge in [-0.15, -0.1) is 5.10 Å². The first-order valence-electron chi connectivity index (χ1n) is 9.43. The van der Waals surface area contributed by atoms with E-state index in [1.807, 2.05) is 0 Å². The van der Waals surface area contributed by atoms with Crippen molar-refractivity contribution in [1.29, 1.82) is 0 Å². The number of nitrogens with zero attached hydrogens (tertiary/aromatic N) is 2. The van der Waals surface area contributed by atoms with Crippen LogP contribution in [0.25, 0.3) is 0 Å². The smallest absolute Gasteiger partial charge is 0.275 e. The molecule has 1 unspecified atom stereocenters. The number of benzene rings is 2. The van der Waals surface area contributed by atoms with Gasteiger partial charge in [0.1, 0.15) is 17.7 Å². The average Bonchev–Trinajstić information content (AvgIpc) is 3.14. The lowest BCUT2D eigenvalue weighted by atomic mass is 9.96. The van der Waals surface area contributed by atoms with Gasteiger partial charge in [-0.25, -0.2) is 8.78 Å². The van der Waals surface area contributed by atoms with Crippen LogP contribution < -0.4 is 5.73 Å².